The summed E-state index contributed by atoms with van der Waals surface area (Å²) in [4.78, 5) is 29.8. The molecule has 0 fully saturated rings. The number of aryl methyl sites for hydroxylation is 1. The van der Waals surface area contributed by atoms with Crippen molar-refractivity contribution in [2.45, 2.75) is 40.2 Å². The predicted molar refractivity (Wildman–Crippen MR) is 128 cm³/mol. The van der Waals surface area contributed by atoms with Crippen molar-refractivity contribution in [1.82, 2.24) is 25.1 Å². The molecule has 0 saturated carbocycles. The average molecular weight is 448 g/mol. The number of H-pyrrole nitrogens is 1. The van der Waals surface area contributed by atoms with E-state index in [1.54, 1.807) is 13.1 Å². The summed E-state index contributed by atoms with van der Waals surface area (Å²) in [7, 11) is 3.00. The van der Waals surface area contributed by atoms with Crippen molar-refractivity contribution in [3.8, 4) is 11.4 Å². The summed E-state index contributed by atoms with van der Waals surface area (Å²) in [6, 6.07) is 9.28. The molecule has 2 N–H and O–H groups in total. The quantitative estimate of drug-likeness (QED) is 0.442. The first-order chi connectivity index (χ1) is 15.6. The number of hydrogen-bond acceptors (Lipinski definition) is 5. The van der Waals surface area contributed by atoms with Gasteiger partial charge in [-0.05, 0) is 48.2 Å². The second-order valence-electron chi connectivity index (χ2n) is 9.37. The fourth-order valence-corrected chi connectivity index (χ4v) is 4.28. The number of nitrogens with one attached hydrogen (secondary N) is 2. The number of aromatic nitrogens is 4. The van der Waals surface area contributed by atoms with E-state index in [9.17, 15) is 9.59 Å². The van der Waals surface area contributed by atoms with Crippen LogP contribution in [0.1, 0.15) is 49.2 Å². The molecule has 1 amide bonds. The molecule has 0 radical (unpaired) electrons. The van der Waals surface area contributed by atoms with Crippen molar-refractivity contribution in [2.75, 3.05) is 14.2 Å². The van der Waals surface area contributed by atoms with Crippen LogP contribution in [0.3, 0.4) is 0 Å². The van der Waals surface area contributed by atoms with Gasteiger partial charge in [-0.2, -0.15) is 5.10 Å². The van der Waals surface area contributed by atoms with Gasteiger partial charge in [-0.15, -0.1) is 0 Å². The Balaban J connectivity index is 2.04. The van der Waals surface area contributed by atoms with E-state index in [0.29, 0.717) is 5.56 Å². The minimum absolute atomic E-state index is 0.175. The van der Waals surface area contributed by atoms with Crippen LogP contribution < -0.4 is 5.32 Å². The van der Waals surface area contributed by atoms with Gasteiger partial charge in [-0.25, -0.2) is 4.98 Å². The third-order valence-electron chi connectivity index (χ3n) is 6.10. The number of esters is 1. The van der Waals surface area contributed by atoms with Gasteiger partial charge in [0.1, 0.15) is 5.82 Å². The molecule has 4 aromatic rings. The molecule has 2 heterocycles. The van der Waals surface area contributed by atoms with Gasteiger partial charge in [0.05, 0.1) is 42.3 Å². The van der Waals surface area contributed by atoms with E-state index in [1.807, 2.05) is 31.3 Å². The SMILES string of the molecule is CNC(=O)c1ccc2nc(-c3cc(C)c4cn[nH]c4c3)n(C(CC(=O)OC)C(C)(C)C)c2c1. The monoisotopic (exact) mass is 447 g/mol. The number of nitrogens with zero attached hydrogens (tertiary/aromatic N) is 3. The molecule has 0 aliphatic rings. The van der Waals surface area contributed by atoms with E-state index in [2.05, 4.69) is 46.9 Å². The molecule has 0 spiro atoms. The van der Waals surface area contributed by atoms with E-state index in [1.165, 1.54) is 7.11 Å². The third-order valence-corrected chi connectivity index (χ3v) is 6.10. The minimum atomic E-state index is -0.301. The number of carbonyl (C=O) groups is 2. The molecule has 4 rings (SSSR count). The zero-order valence-corrected chi connectivity index (χ0v) is 19.8. The maximum Gasteiger partial charge on any atom is 0.307 e. The molecule has 172 valence electrons. The van der Waals surface area contributed by atoms with Gasteiger partial charge in [0.15, 0.2) is 0 Å². The summed E-state index contributed by atoms with van der Waals surface area (Å²) in [5.74, 6) is 0.245. The molecule has 0 aliphatic heterocycles. The van der Waals surface area contributed by atoms with E-state index >= 15 is 0 Å². The number of fused-ring (bicyclic) bond motifs is 2. The van der Waals surface area contributed by atoms with Gasteiger partial charge >= 0.3 is 5.97 Å². The maximum absolute atomic E-state index is 12.4. The molecule has 0 bridgehead atoms. The summed E-state index contributed by atoms with van der Waals surface area (Å²) in [6.45, 7) is 8.29. The number of ether oxygens (including phenoxy) is 1. The molecular formula is C25H29N5O3. The van der Waals surface area contributed by atoms with Gasteiger partial charge in [-0.3, -0.25) is 14.7 Å². The van der Waals surface area contributed by atoms with E-state index in [-0.39, 0.29) is 29.8 Å². The van der Waals surface area contributed by atoms with Crippen molar-refractivity contribution in [3.05, 3.63) is 47.7 Å². The summed E-state index contributed by atoms with van der Waals surface area (Å²) in [6.07, 6.45) is 1.98. The summed E-state index contributed by atoms with van der Waals surface area (Å²) >= 11 is 0. The number of hydrogen-bond donors (Lipinski definition) is 2. The van der Waals surface area contributed by atoms with E-state index in [4.69, 9.17) is 9.72 Å². The summed E-state index contributed by atoms with van der Waals surface area (Å²) in [5.41, 5.74) is 4.66. The summed E-state index contributed by atoms with van der Waals surface area (Å²) in [5, 5.41) is 10.9. The highest BCUT2D eigenvalue weighted by molar-refractivity contribution is 5.98. The topological polar surface area (TPSA) is 102 Å². The fourth-order valence-electron chi connectivity index (χ4n) is 4.28. The Bertz CT molecular complexity index is 1360. The number of amides is 1. The first-order valence-electron chi connectivity index (χ1n) is 10.9. The largest absolute Gasteiger partial charge is 0.469 e. The highest BCUT2D eigenvalue weighted by Crippen LogP contribution is 2.40. The normalized spacial score (nSPS) is 12.8. The highest BCUT2D eigenvalue weighted by Gasteiger charge is 2.33. The molecule has 0 aliphatic carbocycles. The molecule has 8 heteroatoms. The lowest BCUT2D eigenvalue weighted by atomic mass is 9.84. The lowest BCUT2D eigenvalue weighted by Gasteiger charge is -2.33. The van der Waals surface area contributed by atoms with Crippen molar-refractivity contribution in [1.29, 1.82) is 0 Å². The standard InChI is InChI=1S/C25H29N5O3/c1-14-9-16(10-19-17(14)13-27-29-19)23-28-18-8-7-15(24(32)26-5)11-20(18)30(23)21(25(2,3)4)12-22(31)33-6/h7-11,13,21H,12H2,1-6H3,(H,26,32)(H,27,29). The second kappa shape index (κ2) is 8.35. The molecule has 2 aromatic heterocycles. The maximum atomic E-state index is 12.4. The smallest absolute Gasteiger partial charge is 0.307 e. The number of aromatic amines is 1. The Labute approximate surface area is 192 Å². The Morgan fingerprint density at radius 2 is 1.97 bits per heavy atom. The molecule has 0 saturated heterocycles. The van der Waals surface area contributed by atoms with Crippen molar-refractivity contribution >= 4 is 33.8 Å². The third kappa shape index (κ3) is 4.08. The Morgan fingerprint density at radius 3 is 2.64 bits per heavy atom. The Kier molecular flexibility index (Phi) is 5.69. The molecule has 1 unspecified atom stereocenters. The zero-order valence-electron chi connectivity index (χ0n) is 19.8. The Morgan fingerprint density at radius 1 is 1.21 bits per heavy atom. The molecule has 8 nitrogen and oxygen atoms in total. The van der Waals surface area contributed by atoms with Crippen LogP contribution in [0.4, 0.5) is 0 Å². The number of rotatable bonds is 5. The lowest BCUT2D eigenvalue weighted by molar-refractivity contribution is -0.142. The first-order valence-corrected chi connectivity index (χ1v) is 10.9. The average Bonchev–Trinajstić information content (AvgIpc) is 3.40. The van der Waals surface area contributed by atoms with E-state index < -0.39 is 0 Å². The van der Waals surface area contributed by atoms with Gasteiger partial charge in [-0.1, -0.05) is 20.8 Å². The minimum Gasteiger partial charge on any atom is -0.469 e. The Hall–Kier alpha value is -3.68. The van der Waals surface area contributed by atoms with E-state index in [0.717, 1.165) is 38.9 Å². The first kappa shape index (κ1) is 22.5. The van der Waals surface area contributed by atoms with Gasteiger partial charge < -0.3 is 14.6 Å². The molecular weight excluding hydrogens is 418 g/mol. The molecule has 33 heavy (non-hydrogen) atoms. The zero-order chi connectivity index (χ0) is 23.9. The van der Waals surface area contributed by atoms with Crippen LogP contribution in [0.2, 0.25) is 0 Å². The van der Waals surface area contributed by atoms with Crippen LogP contribution in [0.15, 0.2) is 36.5 Å². The second-order valence-corrected chi connectivity index (χ2v) is 9.37. The molecule has 2 aromatic carbocycles. The van der Waals surface area contributed by atoms with Crippen molar-refractivity contribution in [3.63, 3.8) is 0 Å². The van der Waals surface area contributed by atoms with Crippen LogP contribution in [0.25, 0.3) is 33.3 Å². The number of carbonyl (C=O) groups excluding carboxylic acids is 2. The summed E-state index contributed by atoms with van der Waals surface area (Å²) < 4.78 is 7.11. The van der Waals surface area contributed by atoms with Crippen LogP contribution >= 0.6 is 0 Å². The van der Waals surface area contributed by atoms with Crippen LogP contribution in [0, 0.1) is 12.3 Å². The predicted octanol–water partition coefficient (Wildman–Crippen LogP) is 4.40. The lowest BCUT2D eigenvalue weighted by Crippen LogP contribution is -2.28. The number of imidazole rings is 1. The highest BCUT2D eigenvalue weighted by atomic mass is 16.5. The number of benzene rings is 2. The van der Waals surface area contributed by atoms with Gasteiger partial charge in [0.2, 0.25) is 0 Å². The van der Waals surface area contributed by atoms with Crippen LogP contribution in [-0.2, 0) is 9.53 Å². The van der Waals surface area contributed by atoms with Crippen molar-refractivity contribution in [2.24, 2.45) is 5.41 Å². The number of methoxy groups -OCH3 is 1. The van der Waals surface area contributed by atoms with Crippen LogP contribution in [0.5, 0.6) is 0 Å². The fraction of sp³-hybridized carbons (Fsp3) is 0.360. The van der Waals surface area contributed by atoms with Gasteiger partial charge in [0, 0.05) is 23.6 Å². The molecule has 1 atom stereocenters. The van der Waals surface area contributed by atoms with Crippen LogP contribution in [-0.4, -0.2) is 45.8 Å². The van der Waals surface area contributed by atoms with Crippen molar-refractivity contribution < 1.29 is 14.3 Å². The van der Waals surface area contributed by atoms with Gasteiger partial charge in [0.25, 0.3) is 5.91 Å².